The molecular weight excluding hydrogens is 220 g/mol. The van der Waals surface area contributed by atoms with Crippen molar-refractivity contribution in [2.24, 2.45) is 5.92 Å². The highest BCUT2D eigenvalue weighted by molar-refractivity contribution is 5.81. The van der Waals surface area contributed by atoms with Gasteiger partial charge in [0, 0.05) is 24.7 Å². The van der Waals surface area contributed by atoms with Crippen LogP contribution < -0.4 is 0 Å². The predicted octanol–water partition coefficient (Wildman–Crippen LogP) is 3.47. The maximum atomic E-state index is 4.43. The van der Waals surface area contributed by atoms with Gasteiger partial charge in [0.05, 0.1) is 5.52 Å². The number of aromatic nitrogens is 1. The molecule has 0 unspecified atom stereocenters. The maximum absolute atomic E-state index is 4.43. The van der Waals surface area contributed by atoms with E-state index in [1.54, 1.807) is 0 Å². The Morgan fingerprint density at radius 1 is 1.28 bits per heavy atom. The molecule has 18 heavy (non-hydrogen) atoms. The summed E-state index contributed by atoms with van der Waals surface area (Å²) in [5.74, 6) is 0.840. The van der Waals surface area contributed by atoms with Gasteiger partial charge in [-0.1, -0.05) is 25.1 Å². The summed E-state index contributed by atoms with van der Waals surface area (Å²) in [6.07, 6.45) is 4.59. The van der Waals surface area contributed by atoms with Gasteiger partial charge in [0.25, 0.3) is 0 Å². The number of rotatable bonds is 2. The normalized spacial score (nSPS) is 21.3. The molecule has 3 rings (SSSR count). The Labute approximate surface area is 109 Å². The van der Waals surface area contributed by atoms with Crippen LogP contribution >= 0.6 is 0 Å². The van der Waals surface area contributed by atoms with Gasteiger partial charge < -0.3 is 0 Å². The smallest absolute Gasteiger partial charge is 0.0705 e. The molecule has 0 bridgehead atoms. The molecule has 2 nitrogen and oxygen atoms in total. The highest BCUT2D eigenvalue weighted by Gasteiger charge is 2.16. The molecule has 0 saturated carbocycles. The van der Waals surface area contributed by atoms with E-state index in [9.17, 15) is 0 Å². The van der Waals surface area contributed by atoms with Gasteiger partial charge in [-0.2, -0.15) is 0 Å². The molecule has 1 saturated heterocycles. The lowest BCUT2D eigenvalue weighted by atomic mass is 9.99. The van der Waals surface area contributed by atoms with Crippen molar-refractivity contribution in [3.05, 3.63) is 42.1 Å². The Balaban J connectivity index is 1.86. The first kappa shape index (κ1) is 11.7. The topological polar surface area (TPSA) is 16.1 Å². The molecule has 0 aliphatic carbocycles. The van der Waals surface area contributed by atoms with Gasteiger partial charge in [0.2, 0.25) is 0 Å². The molecule has 2 heteroatoms. The lowest BCUT2D eigenvalue weighted by Gasteiger charge is -2.31. The van der Waals surface area contributed by atoms with Crippen LogP contribution in [0.2, 0.25) is 0 Å². The molecule has 1 aliphatic heterocycles. The van der Waals surface area contributed by atoms with Crippen LogP contribution in [0.15, 0.2) is 36.5 Å². The van der Waals surface area contributed by atoms with Crippen molar-refractivity contribution in [2.45, 2.75) is 26.3 Å². The summed E-state index contributed by atoms with van der Waals surface area (Å²) in [7, 11) is 0. The summed E-state index contributed by atoms with van der Waals surface area (Å²) >= 11 is 0. The van der Waals surface area contributed by atoms with Crippen LogP contribution in [0.25, 0.3) is 10.9 Å². The number of hydrogen-bond acceptors (Lipinski definition) is 2. The summed E-state index contributed by atoms with van der Waals surface area (Å²) in [5, 5.41) is 1.30. The fraction of sp³-hybridized carbons (Fsp3) is 0.438. The van der Waals surface area contributed by atoms with Crippen molar-refractivity contribution < 1.29 is 0 Å². The summed E-state index contributed by atoms with van der Waals surface area (Å²) in [4.78, 5) is 7.01. The van der Waals surface area contributed by atoms with Gasteiger partial charge in [0.15, 0.2) is 0 Å². The summed E-state index contributed by atoms with van der Waals surface area (Å²) < 4.78 is 0. The molecule has 0 spiro atoms. The van der Waals surface area contributed by atoms with Crippen molar-refractivity contribution in [3.8, 4) is 0 Å². The van der Waals surface area contributed by atoms with Crippen LogP contribution in [0, 0.1) is 5.92 Å². The van der Waals surface area contributed by atoms with E-state index in [2.05, 4.69) is 41.1 Å². The molecular formula is C16H20N2. The monoisotopic (exact) mass is 240 g/mol. The summed E-state index contributed by atoms with van der Waals surface area (Å²) in [6, 6.07) is 10.7. The number of piperidine rings is 1. The Hall–Kier alpha value is -1.41. The van der Waals surface area contributed by atoms with Crippen LogP contribution in [0.5, 0.6) is 0 Å². The molecule has 1 fully saturated rings. The van der Waals surface area contributed by atoms with E-state index >= 15 is 0 Å². The second kappa shape index (κ2) is 5.07. The van der Waals surface area contributed by atoms with E-state index in [-0.39, 0.29) is 0 Å². The fourth-order valence-corrected chi connectivity index (χ4v) is 2.98. The van der Waals surface area contributed by atoms with Crippen molar-refractivity contribution >= 4 is 10.9 Å². The molecule has 2 heterocycles. The van der Waals surface area contributed by atoms with Gasteiger partial charge >= 0.3 is 0 Å². The minimum absolute atomic E-state index is 0.840. The number of benzene rings is 1. The fourth-order valence-electron chi connectivity index (χ4n) is 2.98. The molecule has 2 aromatic rings. The van der Waals surface area contributed by atoms with Crippen LogP contribution in [0.3, 0.4) is 0 Å². The zero-order valence-corrected chi connectivity index (χ0v) is 11.0. The minimum atomic E-state index is 0.840. The second-order valence-electron chi connectivity index (χ2n) is 5.47. The largest absolute Gasteiger partial charge is 0.299 e. The lowest BCUT2D eigenvalue weighted by Crippen LogP contribution is -2.33. The molecule has 0 amide bonds. The maximum Gasteiger partial charge on any atom is 0.0705 e. The van der Waals surface area contributed by atoms with E-state index in [4.69, 9.17) is 0 Å². The van der Waals surface area contributed by atoms with Crippen LogP contribution in [0.4, 0.5) is 0 Å². The molecule has 0 N–H and O–H groups in total. The lowest BCUT2D eigenvalue weighted by molar-refractivity contribution is 0.177. The van der Waals surface area contributed by atoms with E-state index in [1.165, 1.54) is 36.9 Å². The quantitative estimate of drug-likeness (QED) is 0.799. The summed E-state index contributed by atoms with van der Waals surface area (Å²) in [5.41, 5.74) is 2.52. The van der Waals surface area contributed by atoms with Gasteiger partial charge in [-0.25, -0.2) is 0 Å². The van der Waals surface area contributed by atoms with Crippen molar-refractivity contribution in [1.82, 2.24) is 9.88 Å². The first-order valence-electron chi connectivity index (χ1n) is 6.88. The number of fused-ring (bicyclic) bond motifs is 1. The van der Waals surface area contributed by atoms with Crippen molar-refractivity contribution in [1.29, 1.82) is 0 Å². The van der Waals surface area contributed by atoms with Gasteiger partial charge in [-0.05, 0) is 43.0 Å². The van der Waals surface area contributed by atoms with Crippen molar-refractivity contribution in [3.63, 3.8) is 0 Å². The molecule has 1 aromatic heterocycles. The molecule has 94 valence electrons. The predicted molar refractivity (Wildman–Crippen MR) is 75.4 cm³/mol. The molecule has 1 aliphatic rings. The molecule has 1 atom stereocenters. The van der Waals surface area contributed by atoms with Crippen LogP contribution in [-0.2, 0) is 6.54 Å². The Morgan fingerprint density at radius 3 is 3.11 bits per heavy atom. The first-order valence-corrected chi connectivity index (χ1v) is 6.88. The Morgan fingerprint density at radius 2 is 2.22 bits per heavy atom. The van der Waals surface area contributed by atoms with Gasteiger partial charge in [0.1, 0.15) is 0 Å². The van der Waals surface area contributed by atoms with Gasteiger partial charge in [-0.15, -0.1) is 0 Å². The first-order chi connectivity index (χ1) is 8.83. The van der Waals surface area contributed by atoms with Gasteiger partial charge in [-0.3, -0.25) is 9.88 Å². The zero-order valence-electron chi connectivity index (χ0n) is 11.0. The van der Waals surface area contributed by atoms with E-state index in [0.29, 0.717) is 0 Å². The minimum Gasteiger partial charge on any atom is -0.299 e. The van der Waals surface area contributed by atoms with Crippen molar-refractivity contribution in [2.75, 3.05) is 13.1 Å². The average molecular weight is 240 g/mol. The van der Waals surface area contributed by atoms with E-state index in [0.717, 1.165) is 18.0 Å². The zero-order chi connectivity index (χ0) is 12.4. The highest BCUT2D eigenvalue weighted by atomic mass is 15.1. The third kappa shape index (κ3) is 2.39. The second-order valence-corrected chi connectivity index (χ2v) is 5.47. The third-order valence-corrected chi connectivity index (χ3v) is 3.87. The summed E-state index contributed by atoms with van der Waals surface area (Å²) in [6.45, 7) is 5.89. The van der Waals surface area contributed by atoms with Crippen LogP contribution in [0.1, 0.15) is 25.3 Å². The number of pyridine rings is 1. The Kier molecular flexibility index (Phi) is 3.28. The molecule has 0 radical (unpaired) electrons. The number of nitrogens with zero attached hydrogens (tertiary/aromatic N) is 2. The average Bonchev–Trinajstić information content (AvgIpc) is 2.39. The van der Waals surface area contributed by atoms with Crippen LogP contribution in [-0.4, -0.2) is 23.0 Å². The number of likely N-dealkylation sites (tertiary alicyclic amines) is 1. The van der Waals surface area contributed by atoms with E-state index in [1.807, 2.05) is 12.3 Å². The number of hydrogen-bond donors (Lipinski definition) is 0. The SMILES string of the molecule is C[C@@H]1CCCN(Cc2cccc3ncccc23)C1. The standard InChI is InChI=1S/C16H20N2/c1-13-5-4-10-18(11-13)12-14-6-2-8-16-15(14)7-3-9-17-16/h2-3,6-9,13H,4-5,10-12H2,1H3/t13-/m1/s1. The Bertz CT molecular complexity index is 530. The third-order valence-electron chi connectivity index (χ3n) is 3.87. The van der Waals surface area contributed by atoms with E-state index < -0.39 is 0 Å². The molecule has 1 aromatic carbocycles. The highest BCUT2D eigenvalue weighted by Crippen LogP contribution is 2.22.